The Bertz CT molecular complexity index is 603. The van der Waals surface area contributed by atoms with Crippen molar-refractivity contribution in [1.29, 1.82) is 0 Å². The molecule has 0 saturated heterocycles. The zero-order valence-corrected chi connectivity index (χ0v) is 18.5. The number of carboxylic acid groups (broad SMARTS) is 1. The number of carboxylic acids is 1. The van der Waals surface area contributed by atoms with Crippen LogP contribution in [-0.2, 0) is 4.79 Å². The third kappa shape index (κ3) is 2.97. The van der Waals surface area contributed by atoms with Gasteiger partial charge in [-0.15, -0.1) is 0 Å². The van der Waals surface area contributed by atoms with Crippen LogP contribution in [0.2, 0.25) is 0 Å². The molecule has 3 heteroatoms. The first kappa shape index (κ1) is 20.7. The molecule has 0 bridgehead atoms. The number of hydrogen-bond acceptors (Lipinski definition) is 2. The van der Waals surface area contributed by atoms with Crippen molar-refractivity contribution in [2.75, 3.05) is 0 Å². The van der Waals surface area contributed by atoms with E-state index in [2.05, 4.69) is 27.7 Å². The van der Waals surface area contributed by atoms with Crippen LogP contribution < -0.4 is 0 Å². The van der Waals surface area contributed by atoms with Crippen LogP contribution in [0.4, 0.5) is 0 Å². The van der Waals surface area contributed by atoms with E-state index in [1.54, 1.807) is 0 Å². The number of fused-ring (bicyclic) bond motifs is 5. The average molecular weight is 391 g/mol. The molecule has 0 radical (unpaired) electrons. The van der Waals surface area contributed by atoms with Crippen LogP contribution in [-0.4, -0.2) is 22.3 Å². The Balaban J connectivity index is 1.59. The van der Waals surface area contributed by atoms with Crippen LogP contribution in [0, 0.1) is 52.3 Å². The molecule has 7 unspecified atom stereocenters. The molecule has 0 aromatic carbocycles. The predicted octanol–water partition coefficient (Wildman–Crippen LogP) is 5.75. The van der Waals surface area contributed by atoms with Gasteiger partial charge in [-0.3, -0.25) is 4.79 Å². The molecule has 2 N–H and O–H groups in total. The molecule has 0 amide bonds. The predicted molar refractivity (Wildman–Crippen MR) is 112 cm³/mol. The summed E-state index contributed by atoms with van der Waals surface area (Å²) in [7, 11) is 0. The molecule has 0 heterocycles. The van der Waals surface area contributed by atoms with Crippen molar-refractivity contribution < 1.29 is 15.0 Å². The van der Waals surface area contributed by atoms with Gasteiger partial charge in [-0.1, -0.05) is 40.5 Å². The summed E-state index contributed by atoms with van der Waals surface area (Å²) in [5, 5.41) is 20.6. The lowest BCUT2D eigenvalue weighted by Gasteiger charge is -2.64. The average Bonchev–Trinajstić information content (AvgIpc) is 3.01. The summed E-state index contributed by atoms with van der Waals surface area (Å²) in [5.74, 6) is 3.34. The summed E-state index contributed by atoms with van der Waals surface area (Å²) in [4.78, 5) is 11.1. The molecule has 28 heavy (non-hydrogen) atoms. The van der Waals surface area contributed by atoms with E-state index in [-0.39, 0.29) is 11.5 Å². The molecule has 4 rings (SSSR count). The maximum atomic E-state index is 11.5. The maximum Gasteiger partial charge on any atom is 0.303 e. The summed E-state index contributed by atoms with van der Waals surface area (Å²) in [5.41, 5.74) is 0.716. The zero-order valence-electron chi connectivity index (χ0n) is 18.5. The first-order valence-electron chi connectivity index (χ1n) is 12.1. The Kier molecular flexibility index (Phi) is 5.39. The van der Waals surface area contributed by atoms with Gasteiger partial charge in [-0.2, -0.15) is 0 Å². The first-order valence-corrected chi connectivity index (χ1v) is 12.1. The van der Waals surface area contributed by atoms with Crippen molar-refractivity contribution in [3.05, 3.63) is 0 Å². The molecule has 3 nitrogen and oxygen atoms in total. The fourth-order valence-electron chi connectivity index (χ4n) is 9.27. The van der Waals surface area contributed by atoms with E-state index in [4.69, 9.17) is 5.11 Å². The summed E-state index contributed by atoms with van der Waals surface area (Å²) in [6.07, 6.45) is 11.4. The number of rotatable bonds is 4. The van der Waals surface area contributed by atoms with E-state index in [0.29, 0.717) is 53.3 Å². The van der Waals surface area contributed by atoms with E-state index in [1.807, 2.05) is 0 Å². The Morgan fingerprint density at radius 1 is 1.00 bits per heavy atom. The van der Waals surface area contributed by atoms with Crippen molar-refractivity contribution in [1.82, 2.24) is 0 Å². The number of hydrogen-bond donors (Lipinski definition) is 2. The highest BCUT2D eigenvalue weighted by molar-refractivity contribution is 5.66. The highest BCUT2D eigenvalue weighted by atomic mass is 16.4. The number of aliphatic hydroxyl groups is 1. The van der Waals surface area contributed by atoms with E-state index in [1.165, 1.54) is 51.4 Å². The van der Waals surface area contributed by atoms with Gasteiger partial charge in [0.2, 0.25) is 0 Å². The minimum Gasteiger partial charge on any atom is -0.481 e. The molecule has 4 aliphatic rings. The number of aliphatic carboxylic acids is 1. The van der Waals surface area contributed by atoms with Crippen LogP contribution in [0.5, 0.6) is 0 Å². The Labute approximate surface area is 171 Å². The number of aliphatic hydroxyl groups excluding tert-OH is 1. The van der Waals surface area contributed by atoms with Gasteiger partial charge in [-0.25, -0.2) is 0 Å². The topological polar surface area (TPSA) is 57.5 Å². The molecule has 160 valence electrons. The molecular formula is C25H42O3. The van der Waals surface area contributed by atoms with Gasteiger partial charge in [0, 0.05) is 6.42 Å². The van der Waals surface area contributed by atoms with Gasteiger partial charge in [0.05, 0.1) is 6.10 Å². The Morgan fingerprint density at radius 3 is 2.43 bits per heavy atom. The lowest BCUT2D eigenvalue weighted by Crippen LogP contribution is -2.60. The lowest BCUT2D eigenvalue weighted by atomic mass is 9.42. The minimum absolute atomic E-state index is 0.140. The van der Waals surface area contributed by atoms with Crippen molar-refractivity contribution in [3.63, 3.8) is 0 Å². The quantitative estimate of drug-likeness (QED) is 0.642. The smallest absolute Gasteiger partial charge is 0.303 e. The van der Waals surface area contributed by atoms with Crippen molar-refractivity contribution >= 4 is 5.97 Å². The maximum absolute atomic E-state index is 11.5. The summed E-state index contributed by atoms with van der Waals surface area (Å²) in [6, 6.07) is 0. The highest BCUT2D eigenvalue weighted by Crippen LogP contribution is 2.69. The molecular weight excluding hydrogens is 348 g/mol. The van der Waals surface area contributed by atoms with Crippen LogP contribution in [0.15, 0.2) is 0 Å². The second-order valence-electron chi connectivity index (χ2n) is 11.6. The van der Waals surface area contributed by atoms with E-state index in [0.717, 1.165) is 6.42 Å². The van der Waals surface area contributed by atoms with Crippen molar-refractivity contribution in [2.24, 2.45) is 52.3 Å². The summed E-state index contributed by atoms with van der Waals surface area (Å²) < 4.78 is 0. The van der Waals surface area contributed by atoms with Gasteiger partial charge in [0.15, 0.2) is 0 Å². The van der Waals surface area contributed by atoms with E-state index in [9.17, 15) is 9.90 Å². The molecule has 0 aromatic heterocycles. The second kappa shape index (κ2) is 7.29. The normalized spacial score (nSPS) is 51.7. The third-order valence-electron chi connectivity index (χ3n) is 10.6. The Morgan fingerprint density at radius 2 is 1.71 bits per heavy atom. The van der Waals surface area contributed by atoms with E-state index >= 15 is 0 Å². The Hall–Kier alpha value is -0.570. The first-order chi connectivity index (χ1) is 13.2. The molecule has 0 spiro atoms. The third-order valence-corrected chi connectivity index (χ3v) is 10.6. The molecule has 10 atom stereocenters. The van der Waals surface area contributed by atoms with Crippen LogP contribution in [0.3, 0.4) is 0 Å². The zero-order chi connectivity index (χ0) is 20.3. The second-order valence-corrected chi connectivity index (χ2v) is 11.6. The van der Waals surface area contributed by atoms with Crippen LogP contribution in [0.1, 0.15) is 91.9 Å². The van der Waals surface area contributed by atoms with Gasteiger partial charge < -0.3 is 10.2 Å². The SMILES string of the molecule is C[C@H](CCC(=O)O)C1CCC2C3C(CCC21C)C1(C)CCCCC1[C@@H](C)[C@H]3O. The van der Waals surface area contributed by atoms with Crippen molar-refractivity contribution in [3.8, 4) is 0 Å². The molecule has 4 saturated carbocycles. The van der Waals surface area contributed by atoms with Crippen molar-refractivity contribution in [2.45, 2.75) is 98.0 Å². The minimum atomic E-state index is -0.664. The van der Waals surface area contributed by atoms with Crippen LogP contribution >= 0.6 is 0 Å². The van der Waals surface area contributed by atoms with Gasteiger partial charge in [0.1, 0.15) is 0 Å². The summed E-state index contributed by atoms with van der Waals surface area (Å²) in [6.45, 7) is 9.69. The van der Waals surface area contributed by atoms with Crippen LogP contribution in [0.25, 0.3) is 0 Å². The molecule has 4 aliphatic carbocycles. The van der Waals surface area contributed by atoms with E-state index < -0.39 is 5.97 Å². The standard InChI is InChI=1S/C25H42O3/c1-15(8-11-21(26)27)17-9-10-19-22-20(12-14-25(17,19)4)24(3)13-6-5-7-18(24)16(2)23(22)28/h15-20,22-23,28H,5-14H2,1-4H3,(H,26,27)/t15-,16-,17?,18?,19?,20?,22?,23-,24?,25?/m1/s1. The fraction of sp³-hybridized carbons (Fsp3) is 0.960. The molecule has 0 aromatic rings. The molecule has 4 fully saturated rings. The number of carbonyl (C=O) groups is 1. The van der Waals surface area contributed by atoms with Gasteiger partial charge >= 0.3 is 5.97 Å². The monoisotopic (exact) mass is 390 g/mol. The summed E-state index contributed by atoms with van der Waals surface area (Å²) >= 11 is 0. The fourth-order valence-corrected chi connectivity index (χ4v) is 9.27. The molecule has 0 aliphatic heterocycles. The largest absolute Gasteiger partial charge is 0.481 e. The highest BCUT2D eigenvalue weighted by Gasteiger charge is 2.63. The van der Waals surface area contributed by atoms with Gasteiger partial charge in [0.25, 0.3) is 0 Å². The lowest BCUT2D eigenvalue weighted by molar-refractivity contribution is -0.190. The van der Waals surface area contributed by atoms with Gasteiger partial charge in [-0.05, 0) is 97.2 Å².